The standard InChI is InChI=1S/C14H27N3S/c1-6-7-15-9-13-10-16-14(18-13)17(5)12(4)8-11(2)3/h10-12,15H,6-9H2,1-5H3. The Hall–Kier alpha value is -0.610. The molecule has 0 amide bonds. The maximum Gasteiger partial charge on any atom is 0.185 e. The van der Waals surface area contributed by atoms with Gasteiger partial charge in [-0.3, -0.25) is 0 Å². The first kappa shape index (κ1) is 15.4. The fraction of sp³-hybridized carbons (Fsp3) is 0.786. The topological polar surface area (TPSA) is 28.2 Å². The number of rotatable bonds is 8. The lowest BCUT2D eigenvalue weighted by atomic mass is 10.0. The molecule has 1 aromatic heterocycles. The summed E-state index contributed by atoms with van der Waals surface area (Å²) in [6.07, 6.45) is 4.39. The van der Waals surface area contributed by atoms with Crippen molar-refractivity contribution >= 4 is 16.5 Å². The smallest absolute Gasteiger partial charge is 0.185 e. The van der Waals surface area contributed by atoms with Gasteiger partial charge in [-0.25, -0.2) is 4.98 Å². The largest absolute Gasteiger partial charge is 0.348 e. The molecule has 3 nitrogen and oxygen atoms in total. The highest BCUT2D eigenvalue weighted by Gasteiger charge is 2.14. The molecule has 4 heteroatoms. The van der Waals surface area contributed by atoms with Gasteiger partial charge in [0.1, 0.15) is 0 Å². The monoisotopic (exact) mass is 269 g/mol. The van der Waals surface area contributed by atoms with Crippen LogP contribution in [0.2, 0.25) is 0 Å². The summed E-state index contributed by atoms with van der Waals surface area (Å²) in [5.41, 5.74) is 0. The van der Waals surface area contributed by atoms with Crippen molar-refractivity contribution in [1.29, 1.82) is 0 Å². The normalized spacial score (nSPS) is 13.0. The Morgan fingerprint density at radius 1 is 1.39 bits per heavy atom. The van der Waals surface area contributed by atoms with Gasteiger partial charge in [0.25, 0.3) is 0 Å². The molecule has 1 rings (SSSR count). The zero-order chi connectivity index (χ0) is 13.5. The van der Waals surface area contributed by atoms with Crippen LogP contribution in [0, 0.1) is 5.92 Å². The van der Waals surface area contributed by atoms with E-state index in [1.807, 2.05) is 6.20 Å². The maximum absolute atomic E-state index is 4.53. The maximum atomic E-state index is 4.53. The van der Waals surface area contributed by atoms with Gasteiger partial charge in [-0.05, 0) is 32.2 Å². The third-order valence-corrected chi connectivity index (χ3v) is 4.13. The molecule has 0 saturated heterocycles. The van der Waals surface area contributed by atoms with Crippen LogP contribution in [0.4, 0.5) is 5.13 Å². The van der Waals surface area contributed by atoms with Crippen LogP contribution >= 0.6 is 11.3 Å². The molecule has 0 fully saturated rings. The van der Waals surface area contributed by atoms with E-state index in [4.69, 9.17) is 0 Å². The number of aromatic nitrogens is 1. The lowest BCUT2D eigenvalue weighted by Crippen LogP contribution is -2.29. The number of nitrogens with zero attached hydrogens (tertiary/aromatic N) is 2. The summed E-state index contributed by atoms with van der Waals surface area (Å²) in [6.45, 7) is 11.0. The van der Waals surface area contributed by atoms with Crippen molar-refractivity contribution in [2.75, 3.05) is 18.5 Å². The Morgan fingerprint density at radius 3 is 2.72 bits per heavy atom. The SMILES string of the molecule is CCCNCc1cnc(N(C)C(C)CC(C)C)s1. The van der Waals surface area contributed by atoms with Crippen LogP contribution < -0.4 is 10.2 Å². The molecule has 0 aliphatic rings. The highest BCUT2D eigenvalue weighted by Crippen LogP contribution is 2.24. The zero-order valence-corrected chi connectivity index (χ0v) is 13.2. The van der Waals surface area contributed by atoms with E-state index in [-0.39, 0.29) is 0 Å². The number of thiazole rings is 1. The Balaban J connectivity index is 2.50. The molecule has 18 heavy (non-hydrogen) atoms. The van der Waals surface area contributed by atoms with Crippen molar-refractivity contribution in [3.63, 3.8) is 0 Å². The second-order valence-corrected chi connectivity index (χ2v) is 6.47. The minimum Gasteiger partial charge on any atom is -0.348 e. The molecule has 0 aliphatic carbocycles. The fourth-order valence-electron chi connectivity index (χ4n) is 1.96. The Kier molecular flexibility index (Phi) is 6.65. The van der Waals surface area contributed by atoms with E-state index >= 15 is 0 Å². The number of hydrogen-bond acceptors (Lipinski definition) is 4. The predicted octanol–water partition coefficient (Wildman–Crippen LogP) is 3.51. The molecule has 1 heterocycles. The van der Waals surface area contributed by atoms with Gasteiger partial charge >= 0.3 is 0 Å². The van der Waals surface area contributed by atoms with Crippen LogP contribution in [-0.2, 0) is 6.54 Å². The molecule has 0 spiro atoms. The average Bonchev–Trinajstić information content (AvgIpc) is 2.76. The Morgan fingerprint density at radius 2 is 2.11 bits per heavy atom. The van der Waals surface area contributed by atoms with E-state index in [1.54, 1.807) is 11.3 Å². The van der Waals surface area contributed by atoms with E-state index in [0.717, 1.165) is 24.1 Å². The third kappa shape index (κ3) is 4.94. The molecule has 0 bridgehead atoms. The van der Waals surface area contributed by atoms with E-state index < -0.39 is 0 Å². The molecular weight excluding hydrogens is 242 g/mol. The molecule has 0 aromatic carbocycles. The van der Waals surface area contributed by atoms with E-state index in [9.17, 15) is 0 Å². The van der Waals surface area contributed by atoms with E-state index in [1.165, 1.54) is 17.7 Å². The first-order chi connectivity index (χ1) is 8.54. The zero-order valence-electron chi connectivity index (χ0n) is 12.4. The van der Waals surface area contributed by atoms with Gasteiger partial charge in [-0.15, -0.1) is 11.3 Å². The lowest BCUT2D eigenvalue weighted by Gasteiger charge is -2.25. The summed E-state index contributed by atoms with van der Waals surface area (Å²) >= 11 is 1.80. The van der Waals surface area contributed by atoms with Crippen LogP contribution in [0.3, 0.4) is 0 Å². The van der Waals surface area contributed by atoms with Crippen LogP contribution in [0.25, 0.3) is 0 Å². The Labute approximate surface area is 116 Å². The predicted molar refractivity (Wildman–Crippen MR) is 81.4 cm³/mol. The molecule has 0 saturated carbocycles. The molecule has 1 aromatic rings. The van der Waals surface area contributed by atoms with Crippen molar-refractivity contribution in [2.24, 2.45) is 5.92 Å². The van der Waals surface area contributed by atoms with Crippen LogP contribution in [0.15, 0.2) is 6.20 Å². The van der Waals surface area contributed by atoms with Crippen molar-refractivity contribution in [3.05, 3.63) is 11.1 Å². The van der Waals surface area contributed by atoms with Gasteiger partial charge in [0, 0.05) is 30.7 Å². The number of anilines is 1. The minimum absolute atomic E-state index is 0.549. The van der Waals surface area contributed by atoms with Crippen LogP contribution in [-0.4, -0.2) is 24.6 Å². The van der Waals surface area contributed by atoms with Gasteiger partial charge < -0.3 is 10.2 Å². The molecule has 1 N–H and O–H groups in total. The highest BCUT2D eigenvalue weighted by atomic mass is 32.1. The third-order valence-electron chi connectivity index (χ3n) is 3.04. The van der Waals surface area contributed by atoms with E-state index in [2.05, 4.69) is 49.9 Å². The number of nitrogens with one attached hydrogen (secondary N) is 1. The summed E-state index contributed by atoms with van der Waals surface area (Å²) in [5.74, 6) is 0.730. The quantitative estimate of drug-likeness (QED) is 0.732. The fourth-order valence-corrected chi connectivity index (χ4v) is 2.90. The lowest BCUT2D eigenvalue weighted by molar-refractivity contribution is 0.504. The molecule has 1 unspecified atom stereocenters. The molecular formula is C14H27N3S. The van der Waals surface area contributed by atoms with Gasteiger partial charge in [-0.1, -0.05) is 20.8 Å². The van der Waals surface area contributed by atoms with Crippen molar-refractivity contribution < 1.29 is 0 Å². The first-order valence-corrected chi connectivity index (χ1v) is 7.74. The van der Waals surface area contributed by atoms with Gasteiger partial charge in [0.2, 0.25) is 0 Å². The highest BCUT2D eigenvalue weighted by molar-refractivity contribution is 7.15. The van der Waals surface area contributed by atoms with Crippen molar-refractivity contribution in [1.82, 2.24) is 10.3 Å². The summed E-state index contributed by atoms with van der Waals surface area (Å²) in [7, 11) is 2.15. The van der Waals surface area contributed by atoms with Gasteiger partial charge in [0.15, 0.2) is 5.13 Å². The van der Waals surface area contributed by atoms with Crippen molar-refractivity contribution in [2.45, 2.75) is 53.1 Å². The average molecular weight is 269 g/mol. The first-order valence-electron chi connectivity index (χ1n) is 6.92. The molecule has 0 radical (unpaired) electrons. The summed E-state index contributed by atoms with van der Waals surface area (Å²) in [6, 6.07) is 0.549. The number of hydrogen-bond donors (Lipinski definition) is 1. The summed E-state index contributed by atoms with van der Waals surface area (Å²) in [4.78, 5) is 8.15. The second kappa shape index (κ2) is 7.74. The molecule has 0 aliphatic heterocycles. The molecule has 1 atom stereocenters. The van der Waals surface area contributed by atoms with E-state index in [0.29, 0.717) is 6.04 Å². The summed E-state index contributed by atoms with van der Waals surface area (Å²) < 4.78 is 0. The van der Waals surface area contributed by atoms with Crippen LogP contribution in [0.1, 0.15) is 45.4 Å². The molecule has 104 valence electrons. The minimum atomic E-state index is 0.549. The second-order valence-electron chi connectivity index (χ2n) is 5.38. The van der Waals surface area contributed by atoms with Gasteiger partial charge in [0.05, 0.1) is 0 Å². The van der Waals surface area contributed by atoms with Gasteiger partial charge in [-0.2, -0.15) is 0 Å². The van der Waals surface area contributed by atoms with Crippen LogP contribution in [0.5, 0.6) is 0 Å². The Bertz CT molecular complexity index is 336. The van der Waals surface area contributed by atoms with Crippen molar-refractivity contribution in [3.8, 4) is 0 Å². The summed E-state index contributed by atoms with van der Waals surface area (Å²) in [5, 5.41) is 4.55.